The molecule has 3 heterocycles. The second kappa shape index (κ2) is 23.3. The summed E-state index contributed by atoms with van der Waals surface area (Å²) in [5.41, 5.74) is 1.12. The van der Waals surface area contributed by atoms with E-state index in [-0.39, 0.29) is 29.9 Å². The molecule has 2 saturated heterocycles. The molecule has 0 N–H and O–H groups in total. The fourth-order valence-corrected chi connectivity index (χ4v) is 9.67. The molecule has 0 spiro atoms. The maximum Gasteiger partial charge on any atom is 0.338 e. The van der Waals surface area contributed by atoms with Crippen LogP contribution in [0, 0.1) is 0 Å². The smallest absolute Gasteiger partial charge is 0.338 e. The predicted octanol–water partition coefficient (Wildman–Crippen LogP) is 6.73. The number of hydrogen-bond donors (Lipinski definition) is 0. The van der Waals surface area contributed by atoms with Gasteiger partial charge in [-0.2, -0.15) is 0 Å². The lowest BCUT2D eigenvalue weighted by Gasteiger charge is -2.51. The highest BCUT2D eigenvalue weighted by molar-refractivity contribution is 7.99. The molecular weight excluding hydrogens is 923 g/mol. The van der Waals surface area contributed by atoms with Crippen molar-refractivity contribution in [2.75, 3.05) is 13.2 Å². The highest BCUT2D eigenvalue weighted by Crippen LogP contribution is 2.42. The third-order valence-corrected chi connectivity index (χ3v) is 12.8. The van der Waals surface area contributed by atoms with Gasteiger partial charge < -0.3 is 42.6 Å². The van der Waals surface area contributed by atoms with Crippen molar-refractivity contribution in [3.05, 3.63) is 173 Å². The molecule has 10 atom stereocenters. The summed E-state index contributed by atoms with van der Waals surface area (Å²) in [7, 11) is 0. The molecule has 17 heteroatoms. The first-order valence-corrected chi connectivity index (χ1v) is 23.5. The number of rotatable bonds is 18. The number of carbonyl (C=O) groups excluding carboxylic acids is 6. The van der Waals surface area contributed by atoms with Crippen LogP contribution in [0.3, 0.4) is 0 Å². The first kappa shape index (κ1) is 49.7. The van der Waals surface area contributed by atoms with Gasteiger partial charge >= 0.3 is 23.9 Å². The van der Waals surface area contributed by atoms with E-state index >= 15 is 0 Å². The maximum atomic E-state index is 14.5. The molecule has 0 unspecified atom stereocenters. The average molecular weight is 974 g/mol. The van der Waals surface area contributed by atoms with Gasteiger partial charge in [0, 0.05) is 25.7 Å². The minimum atomic E-state index is -1.78. The molecule has 5 aromatic carbocycles. The summed E-state index contributed by atoms with van der Waals surface area (Å²) in [6.07, 6.45) is -11.1. The van der Waals surface area contributed by atoms with Crippen molar-refractivity contribution in [2.45, 2.75) is 99.4 Å². The minimum absolute atomic E-state index is 0.0167. The molecule has 16 nitrogen and oxygen atoms in total. The number of ether oxygens (including phenoxy) is 9. The number of hydrogen-bond acceptors (Lipinski definition) is 16. The summed E-state index contributed by atoms with van der Waals surface area (Å²) in [5, 5.41) is 0. The van der Waals surface area contributed by atoms with Crippen LogP contribution >= 0.6 is 11.8 Å². The van der Waals surface area contributed by atoms with Gasteiger partial charge in [0.1, 0.15) is 55.2 Å². The Kier molecular flexibility index (Phi) is 16.5. The maximum absolute atomic E-state index is 14.5. The largest absolute Gasteiger partial charge is 0.463 e. The van der Waals surface area contributed by atoms with Crippen molar-refractivity contribution in [1.29, 1.82) is 0 Å². The van der Waals surface area contributed by atoms with E-state index in [1.165, 1.54) is 23.9 Å². The van der Waals surface area contributed by atoms with E-state index in [2.05, 4.69) is 0 Å². The topological polar surface area (TPSA) is 189 Å². The molecule has 0 radical (unpaired) electrons. The third-order valence-electron chi connectivity index (χ3n) is 11.6. The Bertz CT molecular complexity index is 2570. The van der Waals surface area contributed by atoms with E-state index in [1.54, 1.807) is 42.5 Å². The van der Waals surface area contributed by atoms with Gasteiger partial charge in [0.15, 0.2) is 18.5 Å². The Morgan fingerprint density at radius 1 is 0.529 bits per heavy atom. The van der Waals surface area contributed by atoms with Crippen molar-refractivity contribution in [1.82, 2.24) is 4.90 Å². The molecule has 3 aliphatic rings. The number of carbonyl (C=O) groups is 6. The lowest BCUT2D eigenvalue weighted by molar-refractivity contribution is -0.331. The Morgan fingerprint density at radius 3 is 1.57 bits per heavy atom. The van der Waals surface area contributed by atoms with Crippen molar-refractivity contribution >= 4 is 47.5 Å². The number of nitrogens with zero attached hydrogens (tertiary/aromatic N) is 1. The van der Waals surface area contributed by atoms with E-state index in [1.807, 2.05) is 91.0 Å². The predicted molar refractivity (Wildman–Crippen MR) is 250 cm³/mol. The van der Waals surface area contributed by atoms with Gasteiger partial charge in [-0.05, 0) is 47.5 Å². The Morgan fingerprint density at radius 2 is 1.01 bits per heavy atom. The quantitative estimate of drug-likeness (QED) is 0.0510. The number of imide groups is 1. The molecule has 70 heavy (non-hydrogen) atoms. The van der Waals surface area contributed by atoms with Crippen LogP contribution < -0.4 is 0 Å². The normalized spacial score (nSPS) is 25.1. The van der Waals surface area contributed by atoms with Crippen LogP contribution in [0.4, 0.5) is 0 Å². The summed E-state index contributed by atoms with van der Waals surface area (Å²) in [5.74, 6) is -4.67. The zero-order valence-electron chi connectivity index (χ0n) is 38.4. The Balaban J connectivity index is 1.27. The average Bonchev–Trinajstić information content (AvgIpc) is 3.61. The molecule has 364 valence electrons. The molecule has 0 bridgehead atoms. The molecule has 3 aliphatic heterocycles. The summed E-state index contributed by atoms with van der Waals surface area (Å²) in [6, 6.07) is 41.1. The number of fused-ring (bicyclic) bond motifs is 1. The summed E-state index contributed by atoms with van der Waals surface area (Å²) in [6.45, 7) is 2.52. The van der Waals surface area contributed by atoms with Crippen molar-refractivity contribution in [2.24, 2.45) is 0 Å². The van der Waals surface area contributed by atoms with Gasteiger partial charge in [0.2, 0.25) is 0 Å². The summed E-state index contributed by atoms with van der Waals surface area (Å²) < 4.78 is 57.6. The fourth-order valence-electron chi connectivity index (χ4n) is 8.52. The molecule has 0 aliphatic carbocycles. The highest BCUT2D eigenvalue weighted by atomic mass is 32.2. The van der Waals surface area contributed by atoms with Gasteiger partial charge in [-0.15, -0.1) is 0 Å². The van der Waals surface area contributed by atoms with E-state index in [4.69, 9.17) is 42.6 Å². The summed E-state index contributed by atoms with van der Waals surface area (Å²) in [4.78, 5) is 82.7. The lowest BCUT2D eigenvalue weighted by Crippen LogP contribution is -2.69. The molecule has 0 aromatic heterocycles. The van der Waals surface area contributed by atoms with Crippen LogP contribution in [0.1, 0.15) is 63.0 Å². The van der Waals surface area contributed by atoms with Crippen LogP contribution in [-0.4, -0.2) is 114 Å². The Hall–Kier alpha value is -6.73. The molecule has 2 amide bonds. The molecule has 8 rings (SSSR count). The zero-order chi connectivity index (χ0) is 49.1. The van der Waals surface area contributed by atoms with Crippen LogP contribution in [0.5, 0.6) is 0 Å². The summed E-state index contributed by atoms with van der Waals surface area (Å²) >= 11 is 1.35. The monoisotopic (exact) mass is 973 g/mol. The molecular formula is C53H51NO15S. The van der Waals surface area contributed by atoms with Crippen molar-refractivity contribution in [3.8, 4) is 0 Å². The second-order valence-electron chi connectivity index (χ2n) is 16.6. The van der Waals surface area contributed by atoms with Crippen LogP contribution in [0.25, 0.3) is 0 Å². The molecule has 5 aromatic rings. The van der Waals surface area contributed by atoms with Crippen LogP contribution in [-0.2, 0) is 70.2 Å². The SMILES string of the molecule is CC(=O)OC[C@H]1O[C@@H](O[C@@H]2[C@H](OCc3ccccc3)[C@@H](OCc3ccccc3)[C@H](Sc3ccccc3)O[C@@H]2COC(=O)c2ccccc2)[C@H](N2C(=O)c3ccccc3C2=O)[C@H](OC(C)=O)[C@H]1OC(C)=O. The first-order valence-electron chi connectivity index (χ1n) is 22.6. The molecule has 2 fully saturated rings. The molecule has 0 saturated carbocycles. The van der Waals surface area contributed by atoms with Crippen LogP contribution in [0.15, 0.2) is 150 Å². The van der Waals surface area contributed by atoms with E-state index in [0.717, 1.165) is 41.7 Å². The minimum Gasteiger partial charge on any atom is -0.463 e. The standard InChI is InChI=1S/C53H51NO15S/c1-32(55)61-30-41-44(65-33(2)56)46(66-34(3)57)43(54-49(58)39-26-16-17-27-40(39)50(54)59)52(67-41)69-45-42(31-64-51(60)37-22-12-6-13-23-37)68-53(70-38-24-14-7-15-25-38)48(63-29-36-20-10-5-11-21-36)47(45)62-28-35-18-8-4-9-19-35/h4-27,41-48,52-53H,28-31H2,1-3H3/t41-,42-,43-,44+,45+,46+,47+,48-,52+,53+/m1/s1. The second-order valence-corrected chi connectivity index (χ2v) is 17.7. The lowest BCUT2D eigenvalue weighted by atomic mass is 9.93. The van der Waals surface area contributed by atoms with Gasteiger partial charge in [-0.1, -0.05) is 121 Å². The number of thioether (sulfide) groups is 1. The van der Waals surface area contributed by atoms with Gasteiger partial charge in [-0.25, -0.2) is 4.79 Å². The van der Waals surface area contributed by atoms with E-state index in [9.17, 15) is 28.8 Å². The first-order chi connectivity index (χ1) is 33.9. The number of amides is 2. The number of benzene rings is 5. The Labute approximate surface area is 408 Å². The van der Waals surface area contributed by atoms with Gasteiger partial charge in [0.25, 0.3) is 11.8 Å². The van der Waals surface area contributed by atoms with Crippen LogP contribution in [0.2, 0.25) is 0 Å². The van der Waals surface area contributed by atoms with E-state index in [0.29, 0.717) is 0 Å². The third kappa shape index (κ3) is 12.0. The fraction of sp³-hybridized carbons (Fsp3) is 0.321. The van der Waals surface area contributed by atoms with Crippen molar-refractivity contribution in [3.63, 3.8) is 0 Å². The zero-order valence-corrected chi connectivity index (χ0v) is 39.3. The van der Waals surface area contributed by atoms with Gasteiger partial charge in [0.05, 0.1) is 29.9 Å². The van der Waals surface area contributed by atoms with Gasteiger partial charge in [-0.3, -0.25) is 28.9 Å². The van der Waals surface area contributed by atoms with Crippen molar-refractivity contribution < 1.29 is 71.4 Å². The number of esters is 4. The van der Waals surface area contributed by atoms with E-state index < -0.39 is 109 Å². The highest BCUT2D eigenvalue weighted by Gasteiger charge is 2.60.